The number of amides is 1. The van der Waals surface area contributed by atoms with Crippen molar-refractivity contribution in [2.75, 3.05) is 20.6 Å². The number of hydrogen-bond acceptors (Lipinski definition) is 2. The second-order valence-corrected chi connectivity index (χ2v) is 5.19. The summed E-state index contributed by atoms with van der Waals surface area (Å²) in [5.74, 6) is 0.164. The molecule has 1 saturated carbocycles. The number of hydrogen-bond donors (Lipinski definition) is 1. The third-order valence-corrected chi connectivity index (χ3v) is 3.50. The summed E-state index contributed by atoms with van der Waals surface area (Å²) in [6.07, 6.45) is 4.39. The first-order valence-electron chi connectivity index (χ1n) is 5.88. The summed E-state index contributed by atoms with van der Waals surface area (Å²) < 4.78 is 0. The highest BCUT2D eigenvalue weighted by atomic mass is 32.1. The zero-order chi connectivity index (χ0) is 11.7. The summed E-state index contributed by atoms with van der Waals surface area (Å²) in [7, 11) is 3.60. The summed E-state index contributed by atoms with van der Waals surface area (Å²) in [5.41, 5.74) is 0. The van der Waals surface area contributed by atoms with Gasteiger partial charge in [0.05, 0.1) is 0 Å². The monoisotopic (exact) mass is 241 g/mol. The van der Waals surface area contributed by atoms with Gasteiger partial charge in [0, 0.05) is 26.7 Å². The van der Waals surface area contributed by atoms with E-state index in [0.717, 1.165) is 24.5 Å². The molecule has 1 amide bonds. The van der Waals surface area contributed by atoms with Gasteiger partial charge in [0.2, 0.25) is 5.91 Å². The number of likely N-dealkylation sites (tertiary alicyclic amines) is 1. The van der Waals surface area contributed by atoms with Crippen LogP contribution in [0.3, 0.4) is 0 Å². The Bertz CT molecular complexity index is 302. The normalized spacial score (nSPS) is 24.4. The maximum Gasteiger partial charge on any atom is 0.244 e. The van der Waals surface area contributed by atoms with Crippen molar-refractivity contribution in [3.05, 3.63) is 0 Å². The number of thiocarbonyl (C=S) groups is 1. The SMILES string of the molecule is CN(C)C(=O)[C@H]1CCCN1C(=S)NC1CC1. The van der Waals surface area contributed by atoms with Crippen molar-refractivity contribution in [3.8, 4) is 0 Å². The fourth-order valence-corrected chi connectivity index (χ4v) is 2.43. The molecule has 1 aliphatic heterocycles. The maximum absolute atomic E-state index is 12.0. The van der Waals surface area contributed by atoms with Crippen LogP contribution in [0.4, 0.5) is 0 Å². The van der Waals surface area contributed by atoms with Gasteiger partial charge in [-0.3, -0.25) is 4.79 Å². The molecule has 5 heteroatoms. The Kier molecular flexibility index (Phi) is 3.33. The molecular formula is C11H19N3OS. The van der Waals surface area contributed by atoms with Gasteiger partial charge in [0.1, 0.15) is 6.04 Å². The summed E-state index contributed by atoms with van der Waals surface area (Å²) in [6.45, 7) is 0.906. The van der Waals surface area contributed by atoms with Crippen LogP contribution in [0.15, 0.2) is 0 Å². The highest BCUT2D eigenvalue weighted by Gasteiger charge is 2.34. The zero-order valence-corrected chi connectivity index (χ0v) is 10.7. The van der Waals surface area contributed by atoms with Gasteiger partial charge in [-0.05, 0) is 37.9 Å². The number of rotatable bonds is 2. The van der Waals surface area contributed by atoms with Crippen molar-refractivity contribution < 1.29 is 4.79 Å². The smallest absolute Gasteiger partial charge is 0.244 e. The summed E-state index contributed by atoms with van der Waals surface area (Å²) in [4.78, 5) is 15.7. The van der Waals surface area contributed by atoms with Gasteiger partial charge in [0.25, 0.3) is 0 Å². The van der Waals surface area contributed by atoms with Crippen LogP contribution >= 0.6 is 12.2 Å². The minimum atomic E-state index is -0.0475. The van der Waals surface area contributed by atoms with E-state index in [4.69, 9.17) is 12.2 Å². The molecule has 0 aromatic heterocycles. The number of nitrogens with one attached hydrogen (secondary N) is 1. The first-order valence-corrected chi connectivity index (χ1v) is 6.28. The lowest BCUT2D eigenvalue weighted by molar-refractivity contribution is -0.132. The van der Waals surface area contributed by atoms with Crippen LogP contribution in [-0.2, 0) is 4.79 Å². The minimum Gasteiger partial charge on any atom is -0.360 e. The van der Waals surface area contributed by atoms with E-state index < -0.39 is 0 Å². The molecule has 1 heterocycles. The quantitative estimate of drug-likeness (QED) is 0.717. The average Bonchev–Trinajstić information content (AvgIpc) is 2.91. The predicted octanol–water partition coefficient (Wildman–Crippen LogP) is 0.576. The number of carbonyl (C=O) groups excluding carboxylic acids is 1. The summed E-state index contributed by atoms with van der Waals surface area (Å²) >= 11 is 5.36. The van der Waals surface area contributed by atoms with Gasteiger partial charge in [-0.2, -0.15) is 0 Å². The minimum absolute atomic E-state index is 0.0475. The molecule has 1 atom stereocenters. The Labute approximate surface area is 102 Å². The molecule has 16 heavy (non-hydrogen) atoms. The first kappa shape index (κ1) is 11.6. The zero-order valence-electron chi connectivity index (χ0n) is 9.90. The Morgan fingerprint density at radius 3 is 2.62 bits per heavy atom. The molecular weight excluding hydrogens is 222 g/mol. The molecule has 1 aliphatic carbocycles. The van der Waals surface area contributed by atoms with E-state index in [0.29, 0.717) is 6.04 Å². The van der Waals surface area contributed by atoms with E-state index in [1.54, 1.807) is 19.0 Å². The van der Waals surface area contributed by atoms with Crippen molar-refractivity contribution in [2.24, 2.45) is 0 Å². The Morgan fingerprint density at radius 2 is 2.06 bits per heavy atom. The molecule has 90 valence electrons. The topological polar surface area (TPSA) is 35.6 Å². The molecule has 0 unspecified atom stereocenters. The van der Waals surface area contributed by atoms with Gasteiger partial charge in [-0.15, -0.1) is 0 Å². The van der Waals surface area contributed by atoms with Crippen molar-refractivity contribution >= 4 is 23.2 Å². The molecule has 0 radical (unpaired) electrons. The fourth-order valence-electron chi connectivity index (χ4n) is 2.05. The van der Waals surface area contributed by atoms with Gasteiger partial charge >= 0.3 is 0 Å². The van der Waals surface area contributed by atoms with E-state index in [9.17, 15) is 4.79 Å². The molecule has 2 rings (SSSR count). The van der Waals surface area contributed by atoms with Crippen LogP contribution in [0, 0.1) is 0 Å². The van der Waals surface area contributed by atoms with E-state index in [1.807, 2.05) is 0 Å². The Morgan fingerprint density at radius 1 is 1.38 bits per heavy atom. The second-order valence-electron chi connectivity index (χ2n) is 4.81. The Balaban J connectivity index is 1.96. The van der Waals surface area contributed by atoms with E-state index >= 15 is 0 Å². The molecule has 0 spiro atoms. The van der Waals surface area contributed by atoms with Gasteiger partial charge in [0.15, 0.2) is 5.11 Å². The van der Waals surface area contributed by atoms with Gasteiger partial charge in [-0.25, -0.2) is 0 Å². The van der Waals surface area contributed by atoms with Crippen molar-refractivity contribution in [3.63, 3.8) is 0 Å². The van der Waals surface area contributed by atoms with E-state index in [2.05, 4.69) is 10.2 Å². The van der Waals surface area contributed by atoms with Crippen LogP contribution in [-0.4, -0.2) is 53.5 Å². The van der Waals surface area contributed by atoms with Gasteiger partial charge < -0.3 is 15.1 Å². The molecule has 2 aliphatic rings. The van der Waals surface area contributed by atoms with Crippen LogP contribution in [0.5, 0.6) is 0 Å². The van der Waals surface area contributed by atoms with Gasteiger partial charge in [-0.1, -0.05) is 0 Å². The highest BCUT2D eigenvalue weighted by molar-refractivity contribution is 7.80. The molecule has 1 N–H and O–H groups in total. The summed E-state index contributed by atoms with van der Waals surface area (Å²) in [6, 6.07) is 0.511. The van der Waals surface area contributed by atoms with Crippen LogP contribution in [0.2, 0.25) is 0 Å². The molecule has 0 bridgehead atoms. The standard InChI is InChI=1S/C11H19N3OS/c1-13(2)10(15)9-4-3-7-14(9)11(16)12-8-5-6-8/h8-9H,3-7H2,1-2H3,(H,12,16)/t9-/m1/s1. The fraction of sp³-hybridized carbons (Fsp3) is 0.818. The lowest BCUT2D eigenvalue weighted by Crippen LogP contribution is -2.49. The number of carbonyl (C=O) groups is 1. The number of likely N-dealkylation sites (N-methyl/N-ethyl adjacent to an activating group) is 1. The molecule has 1 saturated heterocycles. The maximum atomic E-state index is 12.0. The second kappa shape index (κ2) is 4.57. The molecule has 4 nitrogen and oxygen atoms in total. The number of nitrogens with zero attached hydrogens (tertiary/aromatic N) is 2. The third kappa shape index (κ3) is 2.45. The Hall–Kier alpha value is -0.840. The van der Waals surface area contributed by atoms with Crippen LogP contribution < -0.4 is 5.32 Å². The first-order chi connectivity index (χ1) is 7.59. The molecule has 2 fully saturated rings. The van der Waals surface area contributed by atoms with E-state index in [-0.39, 0.29) is 11.9 Å². The largest absolute Gasteiger partial charge is 0.360 e. The molecule has 0 aromatic rings. The lowest BCUT2D eigenvalue weighted by atomic mass is 10.2. The lowest BCUT2D eigenvalue weighted by Gasteiger charge is -2.28. The van der Waals surface area contributed by atoms with Crippen molar-refractivity contribution in [1.29, 1.82) is 0 Å². The van der Waals surface area contributed by atoms with Crippen LogP contribution in [0.25, 0.3) is 0 Å². The van der Waals surface area contributed by atoms with Crippen molar-refractivity contribution in [2.45, 2.75) is 37.8 Å². The summed E-state index contributed by atoms with van der Waals surface area (Å²) in [5, 5.41) is 4.07. The predicted molar refractivity (Wildman–Crippen MR) is 67.2 cm³/mol. The average molecular weight is 241 g/mol. The van der Waals surface area contributed by atoms with Crippen molar-refractivity contribution in [1.82, 2.24) is 15.1 Å². The van der Waals surface area contributed by atoms with E-state index in [1.165, 1.54) is 12.8 Å². The molecule has 0 aromatic carbocycles. The third-order valence-electron chi connectivity index (χ3n) is 3.14. The van der Waals surface area contributed by atoms with Crippen LogP contribution in [0.1, 0.15) is 25.7 Å². The highest BCUT2D eigenvalue weighted by Crippen LogP contribution is 2.22.